The van der Waals surface area contributed by atoms with Gasteiger partial charge in [-0.25, -0.2) is 9.59 Å². The number of carbonyl (C=O) groups excluding carboxylic acids is 2. The normalized spacial score (nSPS) is 20.7. The summed E-state index contributed by atoms with van der Waals surface area (Å²) in [5.41, 5.74) is -1.34. The summed E-state index contributed by atoms with van der Waals surface area (Å²) in [4.78, 5) is 80.4. The van der Waals surface area contributed by atoms with Crippen LogP contribution in [0, 0.1) is 25.2 Å². The van der Waals surface area contributed by atoms with E-state index in [2.05, 4.69) is 9.97 Å². The van der Waals surface area contributed by atoms with E-state index in [0.717, 1.165) is 10.1 Å². The summed E-state index contributed by atoms with van der Waals surface area (Å²) in [7, 11) is 3.14. The summed E-state index contributed by atoms with van der Waals surface area (Å²) in [6, 6.07) is 26.4. The zero-order chi connectivity index (χ0) is 50.9. The molecule has 2 fully saturated rings. The fourth-order valence-electron chi connectivity index (χ4n) is 8.30. The fourth-order valence-corrected chi connectivity index (χ4v) is 10.4. The van der Waals surface area contributed by atoms with Crippen LogP contribution >= 0.6 is 6.72 Å². The highest BCUT2D eigenvalue weighted by atomic mass is 32.5. The third kappa shape index (κ3) is 12.4. The van der Waals surface area contributed by atoms with Gasteiger partial charge in [-0.05, 0) is 73.5 Å². The molecule has 2 aromatic heterocycles. The number of benzene rings is 3. The summed E-state index contributed by atoms with van der Waals surface area (Å²) in [5.74, 6) is 0.299. The number of ketones is 1. The summed E-state index contributed by atoms with van der Waals surface area (Å²) in [6.07, 6.45) is -4.07. The van der Waals surface area contributed by atoms with Crippen LogP contribution in [0.5, 0.6) is 11.5 Å². The monoisotopic (exact) mass is 1020 g/mol. The van der Waals surface area contributed by atoms with Crippen LogP contribution in [0.25, 0.3) is 0 Å². The van der Waals surface area contributed by atoms with E-state index < -0.39 is 84.3 Å². The highest BCUT2D eigenvalue weighted by Crippen LogP contribution is 2.54. The first kappa shape index (κ1) is 52.5. The molecular formula is C49H54N5O15PS. The number of hydrogen-bond donors (Lipinski definition) is 2. The number of methoxy groups -OCH3 is 2. The first-order valence-electron chi connectivity index (χ1n) is 22.6. The molecule has 3 aromatic carbocycles. The number of H-pyrrole nitrogens is 2. The van der Waals surface area contributed by atoms with Crippen molar-refractivity contribution in [3.05, 3.63) is 161 Å². The Morgan fingerprint density at radius 2 is 1.25 bits per heavy atom. The standard InChI is InChI=1S/C49H54N5O15PS/c1-30-26-53(47(59)51-45(30)57)42-24-38(68-44(56)21-12-32(3)55)41(67-42)29-65-70(71,64-23-9-22-50)69-39-25-43(54-27-31(2)46(58)52-48(54)60)66-40(39)28-63-49(33-10-7-6-8-11-33,34-13-17-36(61-4)18-14-34)35-15-19-37(62-5)20-16-35/h6-8,10-11,13-20,26-27,38-43H,9,12,21,23-25,28-29H2,1-5H3,(H,51,57,59)(H,52,58,60)/t38-,39-,40+,41+,42+,43+,70?/m0/s1. The number of nitrogens with one attached hydrogen (secondary N) is 2. The van der Waals surface area contributed by atoms with Gasteiger partial charge in [-0.15, -0.1) is 0 Å². The lowest BCUT2D eigenvalue weighted by Gasteiger charge is -2.37. The number of rotatable bonds is 22. The van der Waals surface area contributed by atoms with Crippen molar-refractivity contribution < 1.29 is 51.6 Å². The Hall–Kier alpha value is -6.34. The van der Waals surface area contributed by atoms with E-state index in [-0.39, 0.29) is 62.2 Å². The topological polar surface area (TPSA) is 251 Å². The molecule has 4 heterocycles. The lowest BCUT2D eigenvalue weighted by molar-refractivity contribution is -0.153. The van der Waals surface area contributed by atoms with Gasteiger partial charge in [0.25, 0.3) is 11.1 Å². The maximum Gasteiger partial charge on any atom is 0.330 e. The number of aromatic nitrogens is 4. The van der Waals surface area contributed by atoms with E-state index >= 15 is 0 Å². The maximum atomic E-state index is 13.4. The molecular weight excluding hydrogens is 962 g/mol. The molecule has 2 aliphatic heterocycles. The van der Waals surface area contributed by atoms with E-state index in [1.807, 2.05) is 84.9 Å². The van der Waals surface area contributed by atoms with E-state index in [1.165, 1.54) is 30.8 Å². The summed E-state index contributed by atoms with van der Waals surface area (Å²) in [6.45, 7) is -0.454. The third-order valence-corrected chi connectivity index (χ3v) is 14.4. The molecule has 7 rings (SSSR count). The molecule has 0 radical (unpaired) electrons. The Morgan fingerprint density at radius 3 is 1.76 bits per heavy atom. The van der Waals surface area contributed by atoms with Gasteiger partial charge in [-0.2, -0.15) is 5.26 Å². The minimum absolute atomic E-state index is 0.0426. The Bertz CT molecular complexity index is 2960. The van der Waals surface area contributed by atoms with Crippen molar-refractivity contribution in [2.45, 2.75) is 95.3 Å². The molecule has 2 aliphatic rings. The molecule has 0 bridgehead atoms. The van der Waals surface area contributed by atoms with Gasteiger partial charge >= 0.3 is 24.1 Å². The average molecular weight is 1020 g/mol. The van der Waals surface area contributed by atoms with Crippen LogP contribution in [0.4, 0.5) is 0 Å². The SMILES string of the molecule is COc1ccc(C(OC[C@H]2O[C@@H](n3cc(C)c(=O)[nH]c3=O)C[C@@H]2OP(=S)(OCCC#N)OC[C@H]2O[C@@H](n3cc(C)c(=O)[nH]c3=O)C[C@@H]2OC(=O)CCC(C)=O)(c2ccccc2)c2ccc(OC)cc2)cc1. The van der Waals surface area contributed by atoms with Gasteiger partial charge in [0.1, 0.15) is 53.7 Å². The second-order valence-corrected chi connectivity index (χ2v) is 19.8. The van der Waals surface area contributed by atoms with E-state index in [9.17, 15) is 34.0 Å². The molecule has 71 heavy (non-hydrogen) atoms. The lowest BCUT2D eigenvalue weighted by atomic mass is 9.80. The van der Waals surface area contributed by atoms with Crippen LogP contribution in [-0.4, -0.2) is 89.3 Å². The van der Waals surface area contributed by atoms with Crippen LogP contribution in [0.2, 0.25) is 0 Å². The molecule has 5 aromatic rings. The number of ether oxygens (including phenoxy) is 6. The van der Waals surface area contributed by atoms with Crippen molar-refractivity contribution in [1.29, 1.82) is 5.26 Å². The Kier molecular flexibility index (Phi) is 17.2. The van der Waals surface area contributed by atoms with Crippen molar-refractivity contribution in [2.75, 3.05) is 34.0 Å². The summed E-state index contributed by atoms with van der Waals surface area (Å²) in [5, 5.41) is 9.52. The number of carbonyl (C=O) groups is 2. The molecule has 2 saturated heterocycles. The van der Waals surface area contributed by atoms with E-state index in [1.54, 1.807) is 21.1 Å². The number of hydrogen-bond acceptors (Lipinski definition) is 17. The number of aromatic amines is 2. The van der Waals surface area contributed by atoms with Gasteiger partial charge in [0, 0.05) is 42.8 Å². The zero-order valence-corrected chi connectivity index (χ0v) is 41.3. The molecule has 0 aliphatic carbocycles. The van der Waals surface area contributed by atoms with Crippen molar-refractivity contribution in [3.8, 4) is 17.6 Å². The predicted molar refractivity (Wildman–Crippen MR) is 259 cm³/mol. The number of nitriles is 1. The maximum absolute atomic E-state index is 13.4. The average Bonchev–Trinajstić information content (AvgIpc) is 3.96. The third-order valence-electron chi connectivity index (χ3n) is 12.0. The lowest BCUT2D eigenvalue weighted by Crippen LogP contribution is -2.38. The molecule has 2 N–H and O–H groups in total. The van der Waals surface area contributed by atoms with Gasteiger partial charge in [-0.1, -0.05) is 54.6 Å². The number of esters is 1. The first-order valence-corrected chi connectivity index (χ1v) is 25.2. The van der Waals surface area contributed by atoms with E-state index in [0.29, 0.717) is 22.6 Å². The quantitative estimate of drug-likeness (QED) is 0.0394. The van der Waals surface area contributed by atoms with Crippen LogP contribution in [0.3, 0.4) is 0 Å². The van der Waals surface area contributed by atoms with Crippen LogP contribution in [-0.2, 0) is 59.5 Å². The zero-order valence-electron chi connectivity index (χ0n) is 39.6. The predicted octanol–water partition coefficient (Wildman–Crippen LogP) is 5.14. The molecule has 376 valence electrons. The van der Waals surface area contributed by atoms with Crippen molar-refractivity contribution in [1.82, 2.24) is 19.1 Å². The molecule has 0 spiro atoms. The van der Waals surface area contributed by atoms with Crippen LogP contribution < -0.4 is 32.0 Å². The molecule has 1 unspecified atom stereocenters. The first-order chi connectivity index (χ1) is 34.1. The minimum atomic E-state index is -4.00. The van der Waals surface area contributed by atoms with Crippen LogP contribution in [0.1, 0.15) is 79.3 Å². The molecule has 0 amide bonds. The fraction of sp³-hybridized carbons (Fsp3) is 0.408. The van der Waals surface area contributed by atoms with Crippen LogP contribution in [0.15, 0.2) is 110 Å². The van der Waals surface area contributed by atoms with Crippen molar-refractivity contribution >= 4 is 30.3 Å². The Balaban J connectivity index is 1.25. The molecule has 0 saturated carbocycles. The molecule has 7 atom stereocenters. The highest BCUT2D eigenvalue weighted by Gasteiger charge is 2.46. The number of aryl methyl sites for hydroxylation is 2. The Labute approximate surface area is 412 Å². The second-order valence-electron chi connectivity index (χ2n) is 16.9. The Morgan fingerprint density at radius 1 is 0.746 bits per heavy atom. The smallest absolute Gasteiger partial charge is 0.330 e. The largest absolute Gasteiger partial charge is 0.497 e. The van der Waals surface area contributed by atoms with Gasteiger partial charge in [0.05, 0.1) is 59.1 Å². The van der Waals surface area contributed by atoms with Gasteiger partial charge in [0.2, 0.25) is 0 Å². The number of nitrogens with zero attached hydrogens (tertiary/aromatic N) is 3. The van der Waals surface area contributed by atoms with Crippen molar-refractivity contribution in [3.63, 3.8) is 0 Å². The summed E-state index contributed by atoms with van der Waals surface area (Å²) < 4.78 is 58.5. The number of Topliss-reactive ketones (excluding diaryl/α,β-unsaturated/α-hetero) is 1. The molecule has 22 heteroatoms. The van der Waals surface area contributed by atoms with E-state index in [4.69, 9.17) is 53.8 Å². The second kappa shape index (κ2) is 23.3. The molecule has 20 nitrogen and oxygen atoms in total. The minimum Gasteiger partial charge on any atom is -0.497 e. The van der Waals surface area contributed by atoms with Crippen molar-refractivity contribution in [2.24, 2.45) is 0 Å². The van der Waals surface area contributed by atoms with Gasteiger partial charge in [0.15, 0.2) is 0 Å². The van der Waals surface area contributed by atoms with Gasteiger partial charge < -0.3 is 46.8 Å². The summed E-state index contributed by atoms with van der Waals surface area (Å²) >= 11 is 6.07. The van der Waals surface area contributed by atoms with Gasteiger partial charge in [-0.3, -0.25) is 33.5 Å². The highest BCUT2D eigenvalue weighted by molar-refractivity contribution is 8.07.